The smallest absolute Gasteiger partial charge is 0.320 e. The first kappa shape index (κ1) is 15.3. The molecule has 7 heteroatoms. The molecule has 6 nitrogen and oxygen atoms in total. The van der Waals surface area contributed by atoms with Gasteiger partial charge in [-0.3, -0.25) is 4.79 Å². The van der Waals surface area contributed by atoms with E-state index in [1.54, 1.807) is 26.2 Å². The molecule has 2 amide bonds. The number of anilines is 1. The van der Waals surface area contributed by atoms with Crippen LogP contribution in [0.15, 0.2) is 24.3 Å². The Morgan fingerprint density at radius 1 is 1.42 bits per heavy atom. The molecule has 2 rings (SSSR count). The molecule has 1 aliphatic heterocycles. The summed E-state index contributed by atoms with van der Waals surface area (Å²) in [5.41, 5.74) is 7.19. The summed E-state index contributed by atoms with van der Waals surface area (Å²) in [5, 5.41) is 0.978. The molecule has 19 heavy (non-hydrogen) atoms. The van der Waals surface area contributed by atoms with Crippen LogP contribution in [0.3, 0.4) is 0 Å². The summed E-state index contributed by atoms with van der Waals surface area (Å²) in [6.45, 7) is 0. The Balaban J connectivity index is 0.00000180. The molecule has 0 radical (unpaired) electrons. The second-order valence-electron chi connectivity index (χ2n) is 4.32. The number of halogens is 1. The summed E-state index contributed by atoms with van der Waals surface area (Å²) in [7, 11) is 3.09. The first-order valence-electron chi connectivity index (χ1n) is 5.57. The minimum atomic E-state index is -0.685. The monoisotopic (exact) mass is 285 g/mol. The second kappa shape index (κ2) is 5.90. The lowest BCUT2D eigenvalue weighted by atomic mass is 9.99. The quantitative estimate of drug-likeness (QED) is 0.833. The van der Waals surface area contributed by atoms with Gasteiger partial charge in [0.05, 0.1) is 11.7 Å². The SMILES string of the molecule is CN(C)C(=O)ON1C(=O)[C@@H](N)Cc2ccccc21.Cl. The highest BCUT2D eigenvalue weighted by molar-refractivity contribution is 5.99. The van der Waals surface area contributed by atoms with Gasteiger partial charge in [0.2, 0.25) is 0 Å². The summed E-state index contributed by atoms with van der Waals surface area (Å²) >= 11 is 0. The number of carbonyl (C=O) groups excluding carboxylic acids is 2. The van der Waals surface area contributed by atoms with Crippen molar-refractivity contribution in [1.82, 2.24) is 4.90 Å². The van der Waals surface area contributed by atoms with Gasteiger partial charge in [-0.2, -0.15) is 0 Å². The first-order chi connectivity index (χ1) is 8.50. The molecular weight excluding hydrogens is 270 g/mol. The number of benzene rings is 1. The van der Waals surface area contributed by atoms with E-state index in [1.165, 1.54) is 4.90 Å². The molecular formula is C12H16ClN3O3. The average Bonchev–Trinajstić information content (AvgIpc) is 2.34. The normalized spacial score (nSPS) is 17.3. The number of rotatable bonds is 1. The molecule has 0 bridgehead atoms. The number of amides is 2. The number of para-hydroxylation sites is 1. The average molecular weight is 286 g/mol. The van der Waals surface area contributed by atoms with Crippen molar-refractivity contribution >= 4 is 30.1 Å². The topological polar surface area (TPSA) is 75.9 Å². The molecule has 0 unspecified atom stereocenters. The number of hydrogen-bond donors (Lipinski definition) is 1. The maximum absolute atomic E-state index is 12.0. The molecule has 2 N–H and O–H groups in total. The fourth-order valence-corrected chi connectivity index (χ4v) is 1.73. The van der Waals surface area contributed by atoms with Gasteiger partial charge in [0.15, 0.2) is 0 Å². The fourth-order valence-electron chi connectivity index (χ4n) is 1.73. The van der Waals surface area contributed by atoms with Crippen LogP contribution in [0.5, 0.6) is 0 Å². The zero-order valence-corrected chi connectivity index (χ0v) is 11.5. The van der Waals surface area contributed by atoms with Crippen molar-refractivity contribution in [2.75, 3.05) is 19.2 Å². The molecule has 0 aliphatic carbocycles. The van der Waals surface area contributed by atoms with Crippen molar-refractivity contribution in [2.24, 2.45) is 5.73 Å². The predicted molar refractivity (Wildman–Crippen MR) is 73.0 cm³/mol. The number of carbonyl (C=O) groups is 2. The molecule has 0 saturated heterocycles. The van der Waals surface area contributed by atoms with Crippen molar-refractivity contribution < 1.29 is 14.4 Å². The molecule has 0 saturated carbocycles. The van der Waals surface area contributed by atoms with Crippen molar-refractivity contribution in [1.29, 1.82) is 0 Å². The van der Waals surface area contributed by atoms with E-state index in [9.17, 15) is 9.59 Å². The Hall–Kier alpha value is -1.79. The second-order valence-corrected chi connectivity index (χ2v) is 4.32. The zero-order chi connectivity index (χ0) is 13.3. The third-order valence-electron chi connectivity index (χ3n) is 2.70. The van der Waals surface area contributed by atoms with E-state index in [1.807, 2.05) is 12.1 Å². The van der Waals surface area contributed by atoms with Crippen LogP contribution in [0.2, 0.25) is 0 Å². The third-order valence-corrected chi connectivity index (χ3v) is 2.70. The van der Waals surface area contributed by atoms with Gasteiger partial charge in [-0.1, -0.05) is 18.2 Å². The predicted octanol–water partition coefficient (Wildman–Crippen LogP) is 0.938. The van der Waals surface area contributed by atoms with E-state index in [0.717, 1.165) is 10.6 Å². The zero-order valence-electron chi connectivity index (χ0n) is 10.7. The van der Waals surface area contributed by atoms with Gasteiger partial charge in [0.1, 0.15) is 0 Å². The summed E-state index contributed by atoms with van der Waals surface area (Å²) in [5.74, 6) is -0.413. The van der Waals surface area contributed by atoms with E-state index >= 15 is 0 Å². The number of hydroxylamine groups is 1. The molecule has 1 aromatic carbocycles. The summed E-state index contributed by atoms with van der Waals surface area (Å²) in [6.07, 6.45) is -0.169. The van der Waals surface area contributed by atoms with Crippen molar-refractivity contribution in [2.45, 2.75) is 12.5 Å². The minimum absolute atomic E-state index is 0. The summed E-state index contributed by atoms with van der Waals surface area (Å²) in [6, 6.07) is 6.53. The van der Waals surface area contributed by atoms with E-state index in [2.05, 4.69) is 0 Å². The van der Waals surface area contributed by atoms with E-state index in [0.29, 0.717) is 12.1 Å². The largest absolute Gasteiger partial charge is 0.434 e. The van der Waals surface area contributed by atoms with Gasteiger partial charge in [-0.15, -0.1) is 17.5 Å². The highest BCUT2D eigenvalue weighted by Crippen LogP contribution is 2.27. The van der Waals surface area contributed by atoms with Gasteiger partial charge in [-0.05, 0) is 18.1 Å². The van der Waals surface area contributed by atoms with E-state index in [-0.39, 0.29) is 12.4 Å². The van der Waals surface area contributed by atoms with Gasteiger partial charge >= 0.3 is 6.09 Å². The molecule has 104 valence electrons. The number of nitrogens with two attached hydrogens (primary N) is 1. The molecule has 0 aromatic heterocycles. The van der Waals surface area contributed by atoms with Gasteiger partial charge < -0.3 is 15.5 Å². The van der Waals surface area contributed by atoms with Gasteiger partial charge in [0.25, 0.3) is 5.91 Å². The highest BCUT2D eigenvalue weighted by atomic mass is 35.5. The molecule has 1 aromatic rings. The maximum atomic E-state index is 12.0. The Morgan fingerprint density at radius 3 is 2.68 bits per heavy atom. The molecule has 1 aliphatic rings. The lowest BCUT2D eigenvalue weighted by Gasteiger charge is -2.31. The maximum Gasteiger partial charge on any atom is 0.434 e. The number of nitrogens with zero attached hydrogens (tertiary/aromatic N) is 2. The van der Waals surface area contributed by atoms with Crippen molar-refractivity contribution in [3.8, 4) is 0 Å². The first-order valence-corrected chi connectivity index (χ1v) is 5.57. The Kier molecular flexibility index (Phi) is 4.74. The minimum Gasteiger partial charge on any atom is -0.320 e. The standard InChI is InChI=1S/C12H15N3O3.ClH/c1-14(2)12(17)18-15-10-6-4-3-5-8(10)7-9(13)11(15)16;/h3-6,9H,7,13H2,1-2H3;1H/t9-;/m0./s1. The lowest BCUT2D eigenvalue weighted by Crippen LogP contribution is -2.50. The van der Waals surface area contributed by atoms with E-state index in [4.69, 9.17) is 10.6 Å². The van der Waals surface area contributed by atoms with Crippen LogP contribution >= 0.6 is 12.4 Å². The lowest BCUT2D eigenvalue weighted by molar-refractivity contribution is -0.125. The summed E-state index contributed by atoms with van der Waals surface area (Å²) < 4.78 is 0. The third kappa shape index (κ3) is 2.97. The van der Waals surface area contributed by atoms with Crippen LogP contribution in [-0.2, 0) is 16.1 Å². The fraction of sp³-hybridized carbons (Fsp3) is 0.333. The molecule has 1 atom stereocenters. The van der Waals surface area contributed by atoms with E-state index < -0.39 is 18.0 Å². The van der Waals surface area contributed by atoms with Gasteiger partial charge in [0, 0.05) is 14.1 Å². The molecule has 0 spiro atoms. The van der Waals surface area contributed by atoms with Crippen molar-refractivity contribution in [3.63, 3.8) is 0 Å². The van der Waals surface area contributed by atoms with Crippen LogP contribution in [0, 0.1) is 0 Å². The van der Waals surface area contributed by atoms with Gasteiger partial charge in [-0.25, -0.2) is 4.79 Å². The molecule has 1 heterocycles. The number of hydrogen-bond acceptors (Lipinski definition) is 4. The number of fused-ring (bicyclic) bond motifs is 1. The molecule has 0 fully saturated rings. The highest BCUT2D eigenvalue weighted by Gasteiger charge is 2.33. The Morgan fingerprint density at radius 2 is 2.05 bits per heavy atom. The van der Waals surface area contributed by atoms with Crippen LogP contribution in [0.25, 0.3) is 0 Å². The van der Waals surface area contributed by atoms with Crippen molar-refractivity contribution in [3.05, 3.63) is 29.8 Å². The van der Waals surface area contributed by atoms with Crippen LogP contribution in [0.1, 0.15) is 5.56 Å². The van der Waals surface area contributed by atoms with Crippen LogP contribution in [0.4, 0.5) is 10.5 Å². The Labute approximate surface area is 117 Å². The van der Waals surface area contributed by atoms with Crippen LogP contribution in [-0.4, -0.2) is 37.0 Å². The Bertz CT molecular complexity index is 493. The van der Waals surface area contributed by atoms with Crippen LogP contribution < -0.4 is 10.8 Å². The summed E-state index contributed by atoms with van der Waals surface area (Å²) in [4.78, 5) is 29.8.